The van der Waals surface area contributed by atoms with Crippen molar-refractivity contribution in [1.29, 1.82) is 0 Å². The molecule has 0 saturated heterocycles. The van der Waals surface area contributed by atoms with Gasteiger partial charge in [0.2, 0.25) is 0 Å². The summed E-state index contributed by atoms with van der Waals surface area (Å²) in [6, 6.07) is 18.3. The third-order valence-corrected chi connectivity index (χ3v) is 4.14. The van der Waals surface area contributed by atoms with E-state index >= 15 is 0 Å². The highest BCUT2D eigenvalue weighted by Crippen LogP contribution is 2.30. The van der Waals surface area contributed by atoms with Gasteiger partial charge in [-0.2, -0.15) is 0 Å². The van der Waals surface area contributed by atoms with Crippen LogP contribution < -0.4 is 0 Å². The number of thiophene rings is 1. The van der Waals surface area contributed by atoms with Crippen molar-refractivity contribution in [2.45, 2.75) is 0 Å². The van der Waals surface area contributed by atoms with E-state index in [1.54, 1.807) is 6.07 Å². The number of fused-ring (bicyclic) bond motifs is 1. The first kappa shape index (κ1) is 11.9. The number of esters is 1. The average Bonchev–Trinajstić information content (AvgIpc) is 2.95. The molecule has 2 nitrogen and oxygen atoms in total. The molecule has 0 saturated carbocycles. The maximum absolute atomic E-state index is 11.5. The molecule has 0 N–H and O–H groups in total. The van der Waals surface area contributed by atoms with Gasteiger partial charge in [-0.3, -0.25) is 0 Å². The van der Waals surface area contributed by atoms with Crippen molar-refractivity contribution in [3.8, 4) is 10.4 Å². The van der Waals surface area contributed by atoms with Crippen LogP contribution in [0.25, 0.3) is 21.2 Å². The van der Waals surface area contributed by atoms with Gasteiger partial charge in [0.15, 0.2) is 0 Å². The molecule has 0 radical (unpaired) electrons. The van der Waals surface area contributed by atoms with E-state index in [0.29, 0.717) is 4.88 Å². The second-order valence-electron chi connectivity index (χ2n) is 4.22. The minimum atomic E-state index is -0.281. The predicted octanol–water partition coefficient (Wildman–Crippen LogP) is 4.35. The summed E-state index contributed by atoms with van der Waals surface area (Å²) in [6.45, 7) is 0. The Morgan fingerprint density at radius 2 is 1.79 bits per heavy atom. The van der Waals surface area contributed by atoms with Crippen LogP contribution in [0.2, 0.25) is 0 Å². The van der Waals surface area contributed by atoms with Crippen molar-refractivity contribution in [3.05, 3.63) is 59.5 Å². The standard InChI is InChI=1S/C16H12O2S/c1-18-16(17)15-9-8-14(19-15)13-7-6-11-4-2-3-5-12(11)10-13/h2-10H,1H3. The fourth-order valence-corrected chi connectivity index (χ4v) is 2.97. The zero-order valence-corrected chi connectivity index (χ0v) is 11.2. The molecule has 3 heteroatoms. The van der Waals surface area contributed by atoms with Gasteiger partial charge in [0, 0.05) is 4.88 Å². The Morgan fingerprint density at radius 3 is 2.58 bits per heavy atom. The van der Waals surface area contributed by atoms with E-state index in [4.69, 9.17) is 4.74 Å². The zero-order valence-electron chi connectivity index (χ0n) is 10.4. The molecule has 2 aromatic carbocycles. The highest BCUT2D eigenvalue weighted by molar-refractivity contribution is 7.17. The van der Waals surface area contributed by atoms with Gasteiger partial charge in [0.25, 0.3) is 0 Å². The molecule has 1 aromatic heterocycles. The lowest BCUT2D eigenvalue weighted by atomic mass is 10.1. The molecule has 0 aliphatic heterocycles. The molecule has 0 bridgehead atoms. The molecular formula is C16H12O2S. The number of rotatable bonds is 2. The first-order valence-electron chi connectivity index (χ1n) is 5.95. The number of hydrogen-bond acceptors (Lipinski definition) is 3. The smallest absolute Gasteiger partial charge is 0.348 e. The largest absolute Gasteiger partial charge is 0.465 e. The van der Waals surface area contributed by atoms with Crippen LogP contribution in [-0.2, 0) is 4.74 Å². The average molecular weight is 268 g/mol. The number of carbonyl (C=O) groups is 1. The molecule has 0 unspecified atom stereocenters. The number of benzene rings is 2. The lowest BCUT2D eigenvalue weighted by molar-refractivity contribution is 0.0606. The van der Waals surface area contributed by atoms with Gasteiger partial charge in [-0.25, -0.2) is 4.79 Å². The first-order chi connectivity index (χ1) is 9.28. The second kappa shape index (κ2) is 4.86. The Balaban J connectivity index is 2.04. The SMILES string of the molecule is COC(=O)c1ccc(-c2ccc3ccccc3c2)s1. The number of carbonyl (C=O) groups excluding carboxylic acids is 1. The summed E-state index contributed by atoms with van der Waals surface area (Å²) in [5, 5.41) is 2.42. The number of hydrogen-bond donors (Lipinski definition) is 0. The molecule has 0 spiro atoms. The lowest BCUT2D eigenvalue weighted by Crippen LogP contribution is -1.96. The van der Waals surface area contributed by atoms with E-state index in [1.165, 1.54) is 29.2 Å². The highest BCUT2D eigenvalue weighted by atomic mass is 32.1. The van der Waals surface area contributed by atoms with Crippen LogP contribution in [0.15, 0.2) is 54.6 Å². The van der Waals surface area contributed by atoms with E-state index in [9.17, 15) is 4.79 Å². The highest BCUT2D eigenvalue weighted by Gasteiger charge is 2.10. The van der Waals surface area contributed by atoms with E-state index < -0.39 is 0 Å². The van der Waals surface area contributed by atoms with Gasteiger partial charge < -0.3 is 4.74 Å². The van der Waals surface area contributed by atoms with Gasteiger partial charge in [-0.15, -0.1) is 11.3 Å². The summed E-state index contributed by atoms with van der Waals surface area (Å²) in [4.78, 5) is 13.2. The Morgan fingerprint density at radius 1 is 1.00 bits per heavy atom. The van der Waals surface area contributed by atoms with Crippen molar-refractivity contribution < 1.29 is 9.53 Å². The van der Waals surface area contributed by atoms with Gasteiger partial charge >= 0.3 is 5.97 Å². The lowest BCUT2D eigenvalue weighted by Gasteiger charge is -2.01. The Kier molecular flexibility index (Phi) is 3.05. The van der Waals surface area contributed by atoms with E-state index in [-0.39, 0.29) is 5.97 Å². The van der Waals surface area contributed by atoms with Gasteiger partial charge in [-0.1, -0.05) is 36.4 Å². The summed E-state index contributed by atoms with van der Waals surface area (Å²) < 4.78 is 4.73. The Hall–Kier alpha value is -2.13. The molecule has 0 amide bonds. The van der Waals surface area contributed by atoms with Crippen molar-refractivity contribution in [3.63, 3.8) is 0 Å². The molecule has 3 aromatic rings. The molecule has 3 rings (SSSR count). The minimum absolute atomic E-state index is 0.281. The summed E-state index contributed by atoms with van der Waals surface area (Å²) in [5.41, 5.74) is 1.12. The molecule has 1 heterocycles. The van der Waals surface area contributed by atoms with Crippen molar-refractivity contribution in [2.24, 2.45) is 0 Å². The summed E-state index contributed by atoms with van der Waals surface area (Å²) >= 11 is 1.45. The van der Waals surface area contributed by atoms with Crippen molar-refractivity contribution in [1.82, 2.24) is 0 Å². The second-order valence-corrected chi connectivity index (χ2v) is 5.30. The molecule has 0 fully saturated rings. The van der Waals surface area contributed by atoms with Crippen LogP contribution in [0, 0.1) is 0 Å². The predicted molar refractivity (Wildman–Crippen MR) is 78.6 cm³/mol. The maximum Gasteiger partial charge on any atom is 0.348 e. The third-order valence-electron chi connectivity index (χ3n) is 3.03. The minimum Gasteiger partial charge on any atom is -0.465 e. The number of ether oxygens (including phenoxy) is 1. The summed E-state index contributed by atoms with van der Waals surface area (Å²) in [5.74, 6) is -0.281. The van der Waals surface area contributed by atoms with Crippen LogP contribution in [-0.4, -0.2) is 13.1 Å². The van der Waals surface area contributed by atoms with E-state index in [2.05, 4.69) is 30.3 Å². The molecule has 19 heavy (non-hydrogen) atoms. The van der Waals surface area contributed by atoms with Crippen molar-refractivity contribution >= 4 is 28.1 Å². The molecule has 0 aliphatic rings. The molecule has 0 atom stereocenters. The van der Waals surface area contributed by atoms with E-state index in [0.717, 1.165) is 10.4 Å². The van der Waals surface area contributed by atoms with Crippen LogP contribution in [0.3, 0.4) is 0 Å². The fourth-order valence-electron chi connectivity index (χ4n) is 2.05. The topological polar surface area (TPSA) is 26.3 Å². The van der Waals surface area contributed by atoms with Crippen LogP contribution >= 0.6 is 11.3 Å². The summed E-state index contributed by atoms with van der Waals surface area (Å²) in [6.07, 6.45) is 0. The van der Waals surface area contributed by atoms with E-state index in [1.807, 2.05) is 18.2 Å². The van der Waals surface area contributed by atoms with Crippen LogP contribution in [0.1, 0.15) is 9.67 Å². The molecule has 94 valence electrons. The van der Waals surface area contributed by atoms with Crippen LogP contribution in [0.5, 0.6) is 0 Å². The van der Waals surface area contributed by atoms with Gasteiger partial charge in [0.05, 0.1) is 7.11 Å². The third kappa shape index (κ3) is 2.25. The monoisotopic (exact) mass is 268 g/mol. The maximum atomic E-state index is 11.5. The molecule has 0 aliphatic carbocycles. The normalized spacial score (nSPS) is 10.6. The Bertz CT molecular complexity index is 743. The van der Waals surface area contributed by atoms with Gasteiger partial charge in [0.1, 0.15) is 4.88 Å². The van der Waals surface area contributed by atoms with Crippen LogP contribution in [0.4, 0.5) is 0 Å². The quantitative estimate of drug-likeness (QED) is 0.646. The Labute approximate surface area is 115 Å². The van der Waals surface area contributed by atoms with Gasteiger partial charge in [-0.05, 0) is 34.5 Å². The summed E-state index contributed by atoms with van der Waals surface area (Å²) in [7, 11) is 1.40. The number of methoxy groups -OCH3 is 1. The zero-order chi connectivity index (χ0) is 13.2. The van der Waals surface area contributed by atoms with Crippen molar-refractivity contribution in [2.75, 3.05) is 7.11 Å². The fraction of sp³-hybridized carbons (Fsp3) is 0.0625. The first-order valence-corrected chi connectivity index (χ1v) is 6.77. The molecular weight excluding hydrogens is 256 g/mol.